The van der Waals surface area contributed by atoms with E-state index in [9.17, 15) is 8.42 Å². The van der Waals surface area contributed by atoms with E-state index in [4.69, 9.17) is 9.47 Å². The van der Waals surface area contributed by atoms with Crippen LogP contribution in [0, 0.1) is 6.92 Å². The molecule has 0 radical (unpaired) electrons. The van der Waals surface area contributed by atoms with Gasteiger partial charge < -0.3 is 9.47 Å². The fraction of sp³-hybridized carbons (Fsp3) is 0.500. The fourth-order valence-corrected chi connectivity index (χ4v) is 4.25. The topological polar surface area (TPSA) is 64.6 Å². The van der Waals surface area contributed by atoms with Crippen LogP contribution in [0.1, 0.15) is 5.56 Å². The summed E-state index contributed by atoms with van der Waals surface area (Å²) in [5.41, 5.74) is 0.949. The van der Waals surface area contributed by atoms with Gasteiger partial charge >= 0.3 is 0 Å². The molecule has 1 rings (SSSR count). The Hall–Kier alpha value is 0.01000. The molecule has 0 amide bonds. The Kier molecular flexibility index (Phi) is 7.10. The Bertz CT molecular complexity index is 563. The quantitative estimate of drug-likeness (QED) is 0.721. The second-order valence-electron chi connectivity index (χ2n) is 4.20. The lowest BCUT2D eigenvalue weighted by Crippen LogP contribution is -2.35. The molecule has 0 aromatic heterocycles. The van der Waals surface area contributed by atoms with Gasteiger partial charge in [0.05, 0.1) is 17.6 Å². The third-order valence-corrected chi connectivity index (χ3v) is 5.93. The molecule has 0 spiro atoms. The maximum atomic E-state index is 12.3. The number of hydrogen-bond donors (Lipinski definition) is 1. The van der Waals surface area contributed by atoms with Crippen molar-refractivity contribution in [3.8, 4) is 0 Å². The summed E-state index contributed by atoms with van der Waals surface area (Å²) in [7, 11) is -0.570. The summed E-state index contributed by atoms with van der Waals surface area (Å²) in [6, 6.07) is 3.32. The molecule has 1 N–H and O–H groups in total. The van der Waals surface area contributed by atoms with Gasteiger partial charge in [-0.15, -0.1) is 0 Å². The molecule has 8 heteroatoms. The number of benzene rings is 1. The number of ether oxygens (including phenoxy) is 2. The normalized spacial score (nSPS) is 13.4. The van der Waals surface area contributed by atoms with Gasteiger partial charge in [0.1, 0.15) is 0 Å². The lowest BCUT2D eigenvalue weighted by Gasteiger charge is -2.16. The number of rotatable bonds is 7. The first-order chi connectivity index (χ1) is 9.31. The SMILES string of the molecule is COCC(CNS(=O)(=O)c1cc(Br)c(C)cc1Br)OC. The minimum atomic E-state index is -3.62. The third-order valence-electron chi connectivity index (χ3n) is 2.69. The summed E-state index contributed by atoms with van der Waals surface area (Å²) in [6.07, 6.45) is -0.331. The summed E-state index contributed by atoms with van der Waals surface area (Å²) < 4.78 is 38.4. The van der Waals surface area contributed by atoms with Crippen LogP contribution in [0.3, 0.4) is 0 Å². The molecule has 0 aliphatic heterocycles. The highest BCUT2D eigenvalue weighted by Gasteiger charge is 2.20. The molecule has 0 bridgehead atoms. The summed E-state index contributed by atoms with van der Waals surface area (Å²) in [5, 5.41) is 0. The maximum Gasteiger partial charge on any atom is 0.241 e. The largest absolute Gasteiger partial charge is 0.382 e. The minimum Gasteiger partial charge on any atom is -0.382 e. The first kappa shape index (κ1) is 18.1. The third kappa shape index (κ3) is 4.78. The smallest absolute Gasteiger partial charge is 0.241 e. The highest BCUT2D eigenvalue weighted by atomic mass is 79.9. The average Bonchev–Trinajstić information content (AvgIpc) is 2.38. The van der Waals surface area contributed by atoms with E-state index in [0.29, 0.717) is 11.1 Å². The van der Waals surface area contributed by atoms with E-state index in [2.05, 4.69) is 36.6 Å². The molecule has 0 aliphatic rings. The lowest BCUT2D eigenvalue weighted by atomic mass is 10.2. The second kappa shape index (κ2) is 7.86. The van der Waals surface area contributed by atoms with Gasteiger partial charge in [0.2, 0.25) is 10.0 Å². The highest BCUT2D eigenvalue weighted by Crippen LogP contribution is 2.28. The van der Waals surface area contributed by atoms with Crippen LogP contribution in [0.25, 0.3) is 0 Å². The number of aryl methyl sites for hydroxylation is 1. The van der Waals surface area contributed by atoms with Gasteiger partial charge in [-0.3, -0.25) is 0 Å². The average molecular weight is 431 g/mol. The van der Waals surface area contributed by atoms with E-state index < -0.39 is 10.0 Å². The Labute approximate surface area is 136 Å². The van der Waals surface area contributed by atoms with E-state index in [1.807, 2.05) is 6.92 Å². The van der Waals surface area contributed by atoms with Crippen LogP contribution in [-0.2, 0) is 19.5 Å². The molecule has 1 aromatic carbocycles. The first-order valence-corrected chi connectivity index (χ1v) is 8.85. The van der Waals surface area contributed by atoms with Gasteiger partial charge in [0.15, 0.2) is 0 Å². The lowest BCUT2D eigenvalue weighted by molar-refractivity contribution is 0.0320. The zero-order valence-corrected chi connectivity index (χ0v) is 15.4. The van der Waals surface area contributed by atoms with Gasteiger partial charge in [-0.2, -0.15) is 0 Å². The van der Waals surface area contributed by atoms with Crippen molar-refractivity contribution < 1.29 is 17.9 Å². The molecule has 1 aromatic rings. The molecule has 20 heavy (non-hydrogen) atoms. The van der Waals surface area contributed by atoms with Gasteiger partial charge in [-0.05, 0) is 40.5 Å². The van der Waals surface area contributed by atoms with Crippen molar-refractivity contribution in [2.45, 2.75) is 17.9 Å². The Morgan fingerprint density at radius 2 is 1.90 bits per heavy atom. The molecule has 0 aliphatic carbocycles. The van der Waals surface area contributed by atoms with Crippen molar-refractivity contribution in [2.24, 2.45) is 0 Å². The molecule has 0 fully saturated rings. The van der Waals surface area contributed by atoms with Crippen LogP contribution in [0.15, 0.2) is 26.0 Å². The van der Waals surface area contributed by atoms with Gasteiger partial charge in [-0.25, -0.2) is 13.1 Å². The molecular formula is C12H17Br2NO4S. The van der Waals surface area contributed by atoms with E-state index in [-0.39, 0.29) is 17.5 Å². The zero-order valence-electron chi connectivity index (χ0n) is 11.4. The Morgan fingerprint density at radius 3 is 2.45 bits per heavy atom. The molecule has 0 heterocycles. The van der Waals surface area contributed by atoms with Crippen LogP contribution in [-0.4, -0.2) is 41.9 Å². The summed E-state index contributed by atoms with van der Waals surface area (Å²) >= 11 is 6.61. The molecule has 1 unspecified atom stereocenters. The molecule has 0 saturated heterocycles. The molecule has 1 atom stereocenters. The van der Waals surface area contributed by atoms with Crippen LogP contribution >= 0.6 is 31.9 Å². The summed E-state index contributed by atoms with van der Waals surface area (Å²) in [6.45, 7) is 2.35. The number of nitrogens with one attached hydrogen (secondary N) is 1. The van der Waals surface area contributed by atoms with Crippen molar-refractivity contribution in [3.63, 3.8) is 0 Å². The number of halogens is 2. The Balaban J connectivity index is 2.92. The minimum absolute atomic E-state index is 0.143. The highest BCUT2D eigenvalue weighted by molar-refractivity contribution is 9.11. The van der Waals surface area contributed by atoms with Crippen molar-refractivity contribution >= 4 is 41.9 Å². The standard InChI is InChI=1S/C12H17Br2NO4S/c1-8-4-11(14)12(5-10(8)13)20(16,17)15-6-9(19-3)7-18-2/h4-5,9,15H,6-7H2,1-3H3. The molecule has 114 valence electrons. The van der Waals surface area contributed by atoms with Crippen LogP contribution < -0.4 is 4.72 Å². The molecular weight excluding hydrogens is 414 g/mol. The Morgan fingerprint density at radius 1 is 1.25 bits per heavy atom. The number of methoxy groups -OCH3 is 2. The van der Waals surface area contributed by atoms with E-state index in [0.717, 1.165) is 10.0 Å². The van der Waals surface area contributed by atoms with Crippen molar-refractivity contribution in [2.75, 3.05) is 27.4 Å². The van der Waals surface area contributed by atoms with Crippen molar-refractivity contribution in [1.82, 2.24) is 4.72 Å². The molecule has 0 saturated carbocycles. The van der Waals surface area contributed by atoms with E-state index in [1.165, 1.54) is 14.2 Å². The van der Waals surface area contributed by atoms with Crippen molar-refractivity contribution in [1.29, 1.82) is 0 Å². The summed E-state index contributed by atoms with van der Waals surface area (Å²) in [5.74, 6) is 0. The van der Waals surface area contributed by atoms with E-state index in [1.54, 1.807) is 12.1 Å². The number of sulfonamides is 1. The number of hydrogen-bond acceptors (Lipinski definition) is 4. The second-order valence-corrected chi connectivity index (χ2v) is 7.64. The van der Waals surface area contributed by atoms with Gasteiger partial charge in [-0.1, -0.05) is 15.9 Å². The monoisotopic (exact) mass is 429 g/mol. The van der Waals surface area contributed by atoms with Gasteiger partial charge in [0.25, 0.3) is 0 Å². The maximum absolute atomic E-state index is 12.3. The van der Waals surface area contributed by atoms with Crippen molar-refractivity contribution in [3.05, 3.63) is 26.6 Å². The van der Waals surface area contributed by atoms with Gasteiger partial charge in [0, 0.05) is 29.7 Å². The molecule has 5 nitrogen and oxygen atoms in total. The zero-order chi connectivity index (χ0) is 15.3. The van der Waals surface area contributed by atoms with Crippen LogP contribution in [0.5, 0.6) is 0 Å². The van der Waals surface area contributed by atoms with Crippen LogP contribution in [0.4, 0.5) is 0 Å². The predicted molar refractivity (Wildman–Crippen MR) is 84.4 cm³/mol. The fourth-order valence-electron chi connectivity index (χ4n) is 1.51. The van der Waals surface area contributed by atoms with E-state index >= 15 is 0 Å². The summed E-state index contributed by atoms with van der Waals surface area (Å²) in [4.78, 5) is 0.183. The predicted octanol–water partition coefficient (Wildman–Crippen LogP) is 2.46. The first-order valence-electron chi connectivity index (χ1n) is 5.79. The van der Waals surface area contributed by atoms with Crippen LogP contribution in [0.2, 0.25) is 0 Å².